The summed E-state index contributed by atoms with van der Waals surface area (Å²) in [5.74, 6) is 0. The molecule has 48 valence electrons. The van der Waals surface area contributed by atoms with Gasteiger partial charge >= 0.3 is 0 Å². The van der Waals surface area contributed by atoms with Crippen molar-refractivity contribution in [1.82, 2.24) is 4.90 Å². The van der Waals surface area contributed by atoms with Crippen molar-refractivity contribution in [2.75, 3.05) is 20.4 Å². The molecule has 0 aromatic carbocycles. The first kappa shape index (κ1) is 7.43. The number of amides is 1. The molecule has 3 heteroatoms. The quantitative estimate of drug-likeness (QED) is 0.385. The van der Waals surface area contributed by atoms with Crippen LogP contribution in [0.25, 0.3) is 0 Å². The van der Waals surface area contributed by atoms with Crippen LogP contribution >= 0.6 is 0 Å². The molecule has 0 saturated heterocycles. The molecule has 0 saturated carbocycles. The second-order valence-electron chi connectivity index (χ2n) is 1.48. The smallest absolute Gasteiger partial charge is 0.211 e. The Morgan fingerprint density at radius 3 is 2.75 bits per heavy atom. The van der Waals surface area contributed by atoms with Gasteiger partial charge in [-0.15, -0.1) is 0 Å². The average Bonchev–Trinajstić information content (AvgIpc) is 1.83. The third-order valence-corrected chi connectivity index (χ3v) is 0.679. The maximum atomic E-state index is 9.86. The van der Waals surface area contributed by atoms with Gasteiger partial charge in [-0.3, -0.25) is 4.79 Å². The molecular weight excluding hydrogens is 106 g/mol. The Hall–Kier alpha value is -0.570. The third kappa shape index (κ3) is 3.61. The summed E-state index contributed by atoms with van der Waals surface area (Å²) in [6, 6.07) is 0. The van der Waals surface area contributed by atoms with Crippen molar-refractivity contribution in [3.05, 3.63) is 0 Å². The molecule has 0 fully saturated rings. The van der Waals surface area contributed by atoms with E-state index in [-0.39, 0.29) is 0 Å². The fourth-order valence-electron chi connectivity index (χ4n) is 0.266. The summed E-state index contributed by atoms with van der Waals surface area (Å²) < 4.78 is 4.88. The van der Waals surface area contributed by atoms with Crippen LogP contribution in [-0.2, 0) is 9.53 Å². The molecule has 3 nitrogen and oxygen atoms in total. The van der Waals surface area contributed by atoms with Gasteiger partial charge in [0.15, 0.2) is 0 Å². The van der Waals surface area contributed by atoms with Crippen LogP contribution in [0.1, 0.15) is 6.92 Å². The monoisotopic (exact) mass is 117 g/mol. The molecule has 0 unspecified atom stereocenters. The lowest BCUT2D eigenvalue weighted by Gasteiger charge is -2.08. The summed E-state index contributed by atoms with van der Waals surface area (Å²) in [6.45, 7) is 2.93. The van der Waals surface area contributed by atoms with Crippen molar-refractivity contribution in [2.45, 2.75) is 6.92 Å². The second kappa shape index (κ2) is 4.59. The van der Waals surface area contributed by atoms with Crippen molar-refractivity contribution in [3.8, 4) is 0 Å². The molecule has 0 rings (SSSR count). The predicted molar refractivity (Wildman–Crippen MR) is 30.3 cm³/mol. The van der Waals surface area contributed by atoms with E-state index >= 15 is 0 Å². The number of rotatable bonds is 4. The van der Waals surface area contributed by atoms with E-state index in [2.05, 4.69) is 0 Å². The van der Waals surface area contributed by atoms with E-state index in [1.165, 1.54) is 4.90 Å². The number of carbonyl (C=O) groups is 1. The maximum absolute atomic E-state index is 9.86. The van der Waals surface area contributed by atoms with Gasteiger partial charge in [0, 0.05) is 13.7 Å². The van der Waals surface area contributed by atoms with Crippen LogP contribution in [0.4, 0.5) is 0 Å². The van der Waals surface area contributed by atoms with Crippen LogP contribution in [0.3, 0.4) is 0 Å². The first-order valence-electron chi connectivity index (χ1n) is 2.54. The number of hydrogen-bond acceptors (Lipinski definition) is 2. The van der Waals surface area contributed by atoms with Crippen LogP contribution in [-0.4, -0.2) is 31.7 Å². The summed E-state index contributed by atoms with van der Waals surface area (Å²) in [5.41, 5.74) is 0. The van der Waals surface area contributed by atoms with E-state index in [4.69, 9.17) is 4.74 Å². The van der Waals surface area contributed by atoms with Crippen molar-refractivity contribution < 1.29 is 9.53 Å². The van der Waals surface area contributed by atoms with Gasteiger partial charge in [-0.05, 0) is 6.92 Å². The Bertz CT molecular complexity index is 65.4. The summed E-state index contributed by atoms with van der Waals surface area (Å²) in [6.07, 6.45) is 0.732. The van der Waals surface area contributed by atoms with Crippen molar-refractivity contribution in [3.63, 3.8) is 0 Å². The third-order valence-electron chi connectivity index (χ3n) is 0.679. The topological polar surface area (TPSA) is 29.5 Å². The molecule has 0 N–H and O–H groups in total. The molecule has 0 aromatic heterocycles. The molecule has 0 bridgehead atoms. The lowest BCUT2D eigenvalue weighted by Crippen LogP contribution is -2.19. The van der Waals surface area contributed by atoms with Gasteiger partial charge in [0.25, 0.3) is 0 Å². The Morgan fingerprint density at radius 2 is 2.38 bits per heavy atom. The van der Waals surface area contributed by atoms with E-state index in [1.54, 1.807) is 7.05 Å². The van der Waals surface area contributed by atoms with E-state index in [1.807, 2.05) is 6.92 Å². The average molecular weight is 117 g/mol. The van der Waals surface area contributed by atoms with Crippen LogP contribution in [0.15, 0.2) is 0 Å². The highest BCUT2D eigenvalue weighted by Gasteiger charge is 1.87. The number of ether oxygens (including phenoxy) is 1. The van der Waals surface area contributed by atoms with Gasteiger partial charge < -0.3 is 9.64 Å². The minimum Gasteiger partial charge on any atom is -0.361 e. The largest absolute Gasteiger partial charge is 0.361 e. The van der Waals surface area contributed by atoms with Crippen molar-refractivity contribution in [2.24, 2.45) is 0 Å². The minimum absolute atomic E-state index is 0.389. The van der Waals surface area contributed by atoms with Crippen molar-refractivity contribution in [1.29, 1.82) is 0 Å². The lowest BCUT2D eigenvalue weighted by atomic mass is 10.8. The Balaban J connectivity index is 2.98. The molecular formula is C5H11NO2. The standard InChI is InChI=1S/C5H11NO2/c1-3-8-5-6(2)4-7/h4H,3,5H2,1-2H3. The number of nitrogens with zero attached hydrogens (tertiary/aromatic N) is 1. The van der Waals surface area contributed by atoms with Gasteiger partial charge in [-0.1, -0.05) is 0 Å². The number of hydrogen-bond donors (Lipinski definition) is 0. The van der Waals surface area contributed by atoms with Gasteiger partial charge in [0.2, 0.25) is 6.41 Å². The Morgan fingerprint density at radius 1 is 1.75 bits per heavy atom. The molecule has 0 aliphatic heterocycles. The highest BCUT2D eigenvalue weighted by molar-refractivity contribution is 5.45. The van der Waals surface area contributed by atoms with Crippen molar-refractivity contribution >= 4 is 6.41 Å². The fraction of sp³-hybridized carbons (Fsp3) is 0.800. The summed E-state index contributed by atoms with van der Waals surface area (Å²) in [7, 11) is 1.67. The first-order chi connectivity index (χ1) is 3.81. The van der Waals surface area contributed by atoms with Crippen LogP contribution in [0.2, 0.25) is 0 Å². The first-order valence-corrected chi connectivity index (χ1v) is 2.54. The second-order valence-corrected chi connectivity index (χ2v) is 1.48. The normalized spacial score (nSPS) is 8.75. The predicted octanol–water partition coefficient (Wildman–Crippen LogP) is 0.0686. The van der Waals surface area contributed by atoms with E-state index in [0.29, 0.717) is 13.3 Å². The van der Waals surface area contributed by atoms with Crippen LogP contribution in [0.5, 0.6) is 0 Å². The van der Waals surface area contributed by atoms with Gasteiger partial charge in [0.05, 0.1) is 0 Å². The van der Waals surface area contributed by atoms with E-state index in [0.717, 1.165) is 6.41 Å². The minimum atomic E-state index is 0.389. The molecule has 0 atom stereocenters. The molecule has 0 spiro atoms. The number of carbonyl (C=O) groups excluding carboxylic acids is 1. The lowest BCUT2D eigenvalue weighted by molar-refractivity contribution is -0.121. The van der Waals surface area contributed by atoms with Crippen LogP contribution < -0.4 is 0 Å². The van der Waals surface area contributed by atoms with E-state index in [9.17, 15) is 4.79 Å². The maximum Gasteiger partial charge on any atom is 0.211 e. The molecule has 0 aliphatic rings. The zero-order valence-electron chi connectivity index (χ0n) is 5.26. The molecule has 0 heterocycles. The summed E-state index contributed by atoms with van der Waals surface area (Å²) in [4.78, 5) is 11.3. The summed E-state index contributed by atoms with van der Waals surface area (Å²) >= 11 is 0. The highest BCUT2D eigenvalue weighted by atomic mass is 16.5. The molecule has 1 amide bonds. The molecule has 0 radical (unpaired) electrons. The molecule has 8 heavy (non-hydrogen) atoms. The fourth-order valence-corrected chi connectivity index (χ4v) is 0.266. The zero-order valence-corrected chi connectivity index (χ0v) is 5.26. The zero-order chi connectivity index (χ0) is 6.41. The van der Waals surface area contributed by atoms with Gasteiger partial charge in [-0.2, -0.15) is 0 Å². The molecule has 0 aromatic rings. The van der Waals surface area contributed by atoms with Gasteiger partial charge in [-0.25, -0.2) is 0 Å². The SMILES string of the molecule is CCOCN(C)C=O. The van der Waals surface area contributed by atoms with E-state index < -0.39 is 0 Å². The summed E-state index contributed by atoms with van der Waals surface area (Å²) in [5, 5.41) is 0. The Kier molecular flexibility index (Phi) is 4.26. The highest BCUT2D eigenvalue weighted by Crippen LogP contribution is 1.75. The van der Waals surface area contributed by atoms with Crippen LogP contribution in [0, 0.1) is 0 Å². The Labute approximate surface area is 49.2 Å². The van der Waals surface area contributed by atoms with Gasteiger partial charge in [0.1, 0.15) is 6.73 Å². The molecule has 0 aliphatic carbocycles.